The van der Waals surface area contributed by atoms with E-state index in [4.69, 9.17) is 14.3 Å². The van der Waals surface area contributed by atoms with Crippen molar-refractivity contribution in [3.63, 3.8) is 0 Å². The van der Waals surface area contributed by atoms with E-state index >= 15 is 0 Å². The fourth-order valence-electron chi connectivity index (χ4n) is 2.60. The first-order chi connectivity index (χ1) is 15.6. The lowest BCUT2D eigenvalue weighted by atomic mass is 10.2. The van der Waals surface area contributed by atoms with Crippen LogP contribution in [0, 0.1) is 0 Å². The molecule has 0 aliphatic rings. The molecule has 0 spiro atoms. The lowest BCUT2D eigenvalue weighted by molar-refractivity contribution is -0.192. The van der Waals surface area contributed by atoms with Gasteiger partial charge in [0.15, 0.2) is 0 Å². The number of benzene rings is 1. The van der Waals surface area contributed by atoms with Crippen LogP contribution in [0.5, 0.6) is 0 Å². The zero-order chi connectivity index (χ0) is 24.9. The highest BCUT2D eigenvalue weighted by molar-refractivity contribution is 5.90. The number of nitrogens with zero attached hydrogens (tertiary/aromatic N) is 3. The van der Waals surface area contributed by atoms with Crippen LogP contribution in [0.3, 0.4) is 0 Å². The largest absolute Gasteiger partial charge is 0.490 e. The van der Waals surface area contributed by atoms with Crippen LogP contribution in [0.1, 0.15) is 40.0 Å². The van der Waals surface area contributed by atoms with Crippen LogP contribution in [0.2, 0.25) is 0 Å². The van der Waals surface area contributed by atoms with Crippen molar-refractivity contribution in [2.75, 3.05) is 36.8 Å². The first-order valence-electron chi connectivity index (χ1n) is 10.6. The van der Waals surface area contributed by atoms with Crippen molar-refractivity contribution in [3.8, 4) is 11.5 Å². The van der Waals surface area contributed by atoms with Gasteiger partial charge in [0.1, 0.15) is 0 Å². The summed E-state index contributed by atoms with van der Waals surface area (Å²) in [4.78, 5) is 22.9. The van der Waals surface area contributed by atoms with Gasteiger partial charge in [0.25, 0.3) is 0 Å². The van der Waals surface area contributed by atoms with Crippen molar-refractivity contribution in [1.82, 2.24) is 15.1 Å². The normalized spacial score (nSPS) is 11.0. The van der Waals surface area contributed by atoms with Crippen molar-refractivity contribution in [2.24, 2.45) is 0 Å². The highest BCUT2D eigenvalue weighted by atomic mass is 19.4. The number of carboxylic acid groups (broad SMARTS) is 1. The molecular formula is C21H30F3N5O4. The molecule has 0 aliphatic heterocycles. The molecule has 1 aromatic heterocycles. The molecule has 0 unspecified atom stereocenters. The molecule has 1 heterocycles. The van der Waals surface area contributed by atoms with Crippen LogP contribution < -0.4 is 10.6 Å². The van der Waals surface area contributed by atoms with Gasteiger partial charge in [-0.2, -0.15) is 13.2 Å². The Bertz CT molecular complexity index is 852. The maximum Gasteiger partial charge on any atom is 0.490 e. The third-order valence-corrected chi connectivity index (χ3v) is 4.38. The molecule has 3 N–H and O–H groups in total. The Kier molecular flexibility index (Phi) is 11.9. The third-order valence-electron chi connectivity index (χ3n) is 4.38. The van der Waals surface area contributed by atoms with E-state index in [-0.39, 0.29) is 5.91 Å². The number of alkyl halides is 3. The van der Waals surface area contributed by atoms with Crippen molar-refractivity contribution in [1.29, 1.82) is 0 Å². The molecule has 0 aliphatic carbocycles. The second-order valence-electron chi connectivity index (χ2n) is 6.90. The van der Waals surface area contributed by atoms with Crippen LogP contribution in [0.25, 0.3) is 11.5 Å². The standard InChI is InChI=1S/C19H29N5O2.C2HF3O2/c1-4-8-17(25)21-16-11-9-15(10-12-16)18-22-23-19(26-18)20-13-7-14-24(5-2)6-3;3-2(4,5)1(6)7/h9-12H,4-8,13-14H2,1-3H3,(H,20,23)(H,21,25);(H,6,7). The number of halogens is 3. The number of rotatable bonds is 11. The van der Waals surface area contributed by atoms with Gasteiger partial charge >= 0.3 is 18.2 Å². The van der Waals surface area contributed by atoms with Crippen LogP contribution in [0.15, 0.2) is 28.7 Å². The lowest BCUT2D eigenvalue weighted by Gasteiger charge is -2.17. The first-order valence-corrected chi connectivity index (χ1v) is 10.6. The minimum Gasteiger partial charge on any atom is -0.475 e. The van der Waals surface area contributed by atoms with Gasteiger partial charge in [-0.15, -0.1) is 5.10 Å². The van der Waals surface area contributed by atoms with E-state index in [1.54, 1.807) is 0 Å². The van der Waals surface area contributed by atoms with Gasteiger partial charge in [-0.3, -0.25) is 4.79 Å². The van der Waals surface area contributed by atoms with Gasteiger partial charge in [-0.25, -0.2) is 4.79 Å². The predicted octanol–water partition coefficient (Wildman–Crippen LogP) is 4.25. The number of carbonyl (C=O) groups excluding carboxylic acids is 1. The molecule has 0 fully saturated rings. The van der Waals surface area contributed by atoms with Crippen molar-refractivity contribution in [3.05, 3.63) is 24.3 Å². The second kappa shape index (κ2) is 14.1. The molecule has 184 valence electrons. The average molecular weight is 473 g/mol. The zero-order valence-electron chi connectivity index (χ0n) is 18.9. The second-order valence-corrected chi connectivity index (χ2v) is 6.90. The molecule has 0 saturated heterocycles. The summed E-state index contributed by atoms with van der Waals surface area (Å²) < 4.78 is 37.4. The fraction of sp³-hybridized carbons (Fsp3) is 0.524. The highest BCUT2D eigenvalue weighted by Gasteiger charge is 2.38. The van der Waals surface area contributed by atoms with E-state index in [2.05, 4.69) is 39.6 Å². The molecule has 33 heavy (non-hydrogen) atoms. The number of hydrogen-bond donors (Lipinski definition) is 3. The van der Waals surface area contributed by atoms with Crippen molar-refractivity contribution < 1.29 is 32.3 Å². The molecule has 2 rings (SSSR count). The third kappa shape index (κ3) is 10.8. The smallest absolute Gasteiger partial charge is 0.475 e. The van der Waals surface area contributed by atoms with Gasteiger partial charge in [0, 0.05) is 24.2 Å². The van der Waals surface area contributed by atoms with Gasteiger partial charge in [0.05, 0.1) is 0 Å². The zero-order valence-corrected chi connectivity index (χ0v) is 18.9. The first kappa shape index (κ1) is 27.9. The van der Waals surface area contributed by atoms with E-state index in [9.17, 15) is 18.0 Å². The number of anilines is 2. The molecule has 9 nitrogen and oxygen atoms in total. The molecule has 0 atom stereocenters. The van der Waals surface area contributed by atoms with Crippen LogP contribution in [-0.2, 0) is 9.59 Å². The lowest BCUT2D eigenvalue weighted by Crippen LogP contribution is -2.25. The quantitative estimate of drug-likeness (QED) is 0.414. The maximum atomic E-state index is 11.6. The Morgan fingerprint density at radius 3 is 2.21 bits per heavy atom. The number of aliphatic carboxylic acids is 1. The highest BCUT2D eigenvalue weighted by Crippen LogP contribution is 2.22. The van der Waals surface area contributed by atoms with E-state index < -0.39 is 12.1 Å². The number of nitrogens with one attached hydrogen (secondary N) is 2. The summed E-state index contributed by atoms with van der Waals surface area (Å²) in [6.07, 6.45) is -2.71. The number of carboxylic acids is 1. The topological polar surface area (TPSA) is 121 Å². The SMILES string of the molecule is CCCC(=O)Nc1ccc(-c2nnc(NCCCN(CC)CC)o2)cc1.O=C(O)C(F)(F)F. The molecule has 2 aromatic rings. The minimum absolute atomic E-state index is 0.0224. The Morgan fingerprint density at radius 2 is 1.70 bits per heavy atom. The molecule has 1 aromatic carbocycles. The monoisotopic (exact) mass is 473 g/mol. The van der Waals surface area contributed by atoms with Crippen molar-refractivity contribution >= 4 is 23.6 Å². The van der Waals surface area contributed by atoms with E-state index in [0.29, 0.717) is 18.3 Å². The number of hydrogen-bond acceptors (Lipinski definition) is 7. The summed E-state index contributed by atoms with van der Waals surface area (Å²) in [5, 5.41) is 21.3. The fourth-order valence-corrected chi connectivity index (χ4v) is 2.60. The molecule has 0 radical (unpaired) electrons. The number of amides is 1. The summed E-state index contributed by atoms with van der Waals surface area (Å²) in [6, 6.07) is 7.83. The number of carbonyl (C=O) groups is 2. The Labute approximate surface area is 190 Å². The molecular weight excluding hydrogens is 443 g/mol. The predicted molar refractivity (Wildman–Crippen MR) is 118 cm³/mol. The summed E-state index contributed by atoms with van der Waals surface area (Å²) >= 11 is 0. The summed E-state index contributed by atoms with van der Waals surface area (Å²) in [5.41, 5.74) is 1.59. The molecule has 0 bridgehead atoms. The van der Waals surface area contributed by atoms with Gasteiger partial charge in [-0.1, -0.05) is 25.9 Å². The van der Waals surface area contributed by atoms with Gasteiger partial charge in [-0.05, 0) is 56.7 Å². The summed E-state index contributed by atoms with van der Waals surface area (Å²) in [5.74, 6) is -2.27. The number of aromatic nitrogens is 2. The van der Waals surface area contributed by atoms with Gasteiger partial charge in [0.2, 0.25) is 11.8 Å². The molecule has 0 saturated carbocycles. The van der Waals surface area contributed by atoms with Crippen LogP contribution >= 0.6 is 0 Å². The average Bonchev–Trinajstić information content (AvgIpc) is 3.23. The Hall–Kier alpha value is -3.15. The van der Waals surface area contributed by atoms with E-state index in [1.807, 2.05) is 31.2 Å². The summed E-state index contributed by atoms with van der Waals surface area (Å²) in [7, 11) is 0. The van der Waals surface area contributed by atoms with E-state index in [1.165, 1.54) is 0 Å². The Morgan fingerprint density at radius 1 is 1.09 bits per heavy atom. The minimum atomic E-state index is -5.08. The molecule has 12 heteroatoms. The summed E-state index contributed by atoms with van der Waals surface area (Å²) in [6.45, 7) is 10.3. The Balaban J connectivity index is 0.000000675. The van der Waals surface area contributed by atoms with Crippen molar-refractivity contribution in [2.45, 2.75) is 46.2 Å². The maximum absolute atomic E-state index is 11.6. The van der Waals surface area contributed by atoms with Crippen LogP contribution in [0.4, 0.5) is 24.9 Å². The van der Waals surface area contributed by atoms with Gasteiger partial charge < -0.3 is 25.1 Å². The molecule has 1 amide bonds. The van der Waals surface area contributed by atoms with Crippen LogP contribution in [-0.4, -0.2) is 64.4 Å². The van der Waals surface area contributed by atoms with E-state index in [0.717, 1.165) is 50.3 Å².